The summed E-state index contributed by atoms with van der Waals surface area (Å²) in [6.07, 6.45) is -0.385. The third kappa shape index (κ3) is 3.67. The molecule has 1 amide bonds. The second-order valence-electron chi connectivity index (χ2n) is 5.50. The Morgan fingerprint density at radius 1 is 1.48 bits per heavy atom. The molecular weight excluding hydrogens is 376 g/mol. The molecule has 0 fully saturated rings. The number of aromatic nitrogens is 1. The number of rotatable bonds is 2. The lowest BCUT2D eigenvalue weighted by Crippen LogP contribution is -2.46. The summed E-state index contributed by atoms with van der Waals surface area (Å²) in [4.78, 5) is 18.2. The topological polar surface area (TPSA) is 42.4 Å². The molecule has 0 saturated heterocycles. The van der Waals surface area contributed by atoms with Gasteiger partial charge in [-0.25, -0.2) is 9.78 Å². The summed E-state index contributed by atoms with van der Waals surface area (Å²) >= 11 is 11.0. The molecule has 0 unspecified atom stereocenters. The SMILES string of the molecule is CCN(C(=O)Oc1cc(Cl)c2nc(Br)sc2c1)C(C)(C)C. The smallest absolute Gasteiger partial charge is 0.410 e. The molecule has 1 aromatic carbocycles. The number of benzene rings is 1. The molecule has 0 aliphatic carbocycles. The summed E-state index contributed by atoms with van der Waals surface area (Å²) in [6.45, 7) is 8.39. The number of thiazole rings is 1. The molecular formula is C14H16BrClN2O2S. The van der Waals surface area contributed by atoms with Gasteiger partial charge in [-0.05, 0) is 43.6 Å². The van der Waals surface area contributed by atoms with Crippen LogP contribution in [0.4, 0.5) is 4.79 Å². The zero-order valence-electron chi connectivity index (χ0n) is 12.2. The van der Waals surface area contributed by atoms with Gasteiger partial charge in [-0.1, -0.05) is 11.6 Å². The van der Waals surface area contributed by atoms with Gasteiger partial charge in [0.25, 0.3) is 0 Å². The van der Waals surface area contributed by atoms with E-state index in [4.69, 9.17) is 16.3 Å². The molecule has 0 aliphatic rings. The third-order valence-corrected chi connectivity index (χ3v) is 4.69. The van der Waals surface area contributed by atoms with Crippen LogP contribution in [0.5, 0.6) is 5.75 Å². The number of nitrogens with zero attached hydrogens (tertiary/aromatic N) is 2. The number of carbonyl (C=O) groups excluding carboxylic acids is 1. The van der Waals surface area contributed by atoms with E-state index < -0.39 is 0 Å². The molecule has 0 radical (unpaired) electrons. The minimum absolute atomic E-state index is 0.298. The largest absolute Gasteiger partial charge is 0.415 e. The summed E-state index contributed by atoms with van der Waals surface area (Å²) in [6, 6.07) is 3.39. The van der Waals surface area contributed by atoms with Gasteiger partial charge in [0.2, 0.25) is 0 Å². The van der Waals surface area contributed by atoms with Crippen molar-refractivity contribution in [3.05, 3.63) is 21.1 Å². The minimum atomic E-state index is -0.385. The van der Waals surface area contributed by atoms with E-state index in [1.165, 1.54) is 11.3 Å². The molecule has 1 aromatic heterocycles. The average Bonchev–Trinajstić information content (AvgIpc) is 2.69. The molecule has 4 nitrogen and oxygen atoms in total. The second-order valence-corrected chi connectivity index (χ2v) is 8.22. The standard InChI is InChI=1S/C14H16BrClN2O2S/c1-5-18(14(2,3)4)13(19)20-8-6-9(16)11-10(7-8)21-12(15)17-11/h6-7H,5H2,1-4H3. The highest BCUT2D eigenvalue weighted by Crippen LogP contribution is 2.34. The highest BCUT2D eigenvalue weighted by atomic mass is 79.9. The van der Waals surface area contributed by atoms with Crippen LogP contribution in [0.15, 0.2) is 16.0 Å². The van der Waals surface area contributed by atoms with Crippen LogP contribution in [0.25, 0.3) is 10.2 Å². The van der Waals surface area contributed by atoms with Gasteiger partial charge in [0.1, 0.15) is 11.3 Å². The zero-order valence-corrected chi connectivity index (χ0v) is 15.4. The Morgan fingerprint density at radius 2 is 2.14 bits per heavy atom. The first-order valence-corrected chi connectivity index (χ1v) is 8.46. The van der Waals surface area contributed by atoms with Gasteiger partial charge < -0.3 is 9.64 Å². The average molecular weight is 392 g/mol. The molecule has 0 spiro atoms. The molecule has 1 heterocycles. The Hall–Kier alpha value is -0.850. The summed E-state index contributed by atoms with van der Waals surface area (Å²) in [7, 11) is 0. The fourth-order valence-electron chi connectivity index (χ4n) is 2.03. The van der Waals surface area contributed by atoms with E-state index in [-0.39, 0.29) is 11.6 Å². The van der Waals surface area contributed by atoms with Gasteiger partial charge >= 0.3 is 6.09 Å². The minimum Gasteiger partial charge on any atom is -0.410 e. The van der Waals surface area contributed by atoms with Crippen molar-refractivity contribution in [1.29, 1.82) is 0 Å². The first-order chi connectivity index (χ1) is 9.72. The molecule has 114 valence electrons. The second kappa shape index (κ2) is 6.10. The summed E-state index contributed by atoms with van der Waals surface area (Å²) in [5.41, 5.74) is 0.407. The van der Waals surface area contributed by atoms with Crippen LogP contribution >= 0.6 is 38.9 Å². The van der Waals surface area contributed by atoms with E-state index >= 15 is 0 Å². The number of halogens is 2. The van der Waals surface area contributed by atoms with Gasteiger partial charge in [0.15, 0.2) is 3.92 Å². The maximum absolute atomic E-state index is 12.3. The first-order valence-electron chi connectivity index (χ1n) is 6.47. The highest BCUT2D eigenvalue weighted by Gasteiger charge is 2.26. The molecule has 0 N–H and O–H groups in total. The summed E-state index contributed by atoms with van der Waals surface area (Å²) < 4.78 is 7.07. The van der Waals surface area contributed by atoms with E-state index in [9.17, 15) is 4.79 Å². The van der Waals surface area contributed by atoms with Gasteiger partial charge in [0.05, 0.1) is 9.72 Å². The van der Waals surface area contributed by atoms with E-state index in [1.54, 1.807) is 17.0 Å². The van der Waals surface area contributed by atoms with Crippen molar-refractivity contribution in [1.82, 2.24) is 9.88 Å². The Bertz CT molecular complexity index is 681. The molecule has 2 rings (SSSR count). The number of carbonyl (C=O) groups is 1. The first kappa shape index (κ1) is 16.5. The summed E-state index contributed by atoms with van der Waals surface area (Å²) in [5, 5.41) is 0.469. The third-order valence-electron chi connectivity index (χ3n) is 2.95. The summed E-state index contributed by atoms with van der Waals surface area (Å²) in [5.74, 6) is 0.427. The molecule has 21 heavy (non-hydrogen) atoms. The van der Waals surface area contributed by atoms with Gasteiger partial charge in [-0.2, -0.15) is 0 Å². The van der Waals surface area contributed by atoms with Crippen molar-refractivity contribution in [2.75, 3.05) is 6.54 Å². The Balaban J connectivity index is 2.29. The van der Waals surface area contributed by atoms with Crippen molar-refractivity contribution in [2.24, 2.45) is 0 Å². The number of hydrogen-bond acceptors (Lipinski definition) is 4. The number of fused-ring (bicyclic) bond motifs is 1. The van der Waals surface area contributed by atoms with Crippen LogP contribution in [-0.4, -0.2) is 28.1 Å². The highest BCUT2D eigenvalue weighted by molar-refractivity contribution is 9.11. The number of amides is 1. The van der Waals surface area contributed by atoms with Gasteiger partial charge in [-0.3, -0.25) is 0 Å². The van der Waals surface area contributed by atoms with Crippen LogP contribution in [0.1, 0.15) is 27.7 Å². The molecule has 0 bridgehead atoms. The van der Waals surface area contributed by atoms with Crippen LogP contribution < -0.4 is 4.74 Å². The van der Waals surface area contributed by atoms with Crippen molar-refractivity contribution >= 4 is 55.2 Å². The quantitative estimate of drug-likeness (QED) is 0.694. The van der Waals surface area contributed by atoms with Gasteiger partial charge in [0, 0.05) is 24.2 Å². The van der Waals surface area contributed by atoms with Crippen LogP contribution in [-0.2, 0) is 0 Å². The lowest BCUT2D eigenvalue weighted by Gasteiger charge is -2.33. The Morgan fingerprint density at radius 3 is 2.71 bits per heavy atom. The van der Waals surface area contributed by atoms with Crippen molar-refractivity contribution in [3.63, 3.8) is 0 Å². The van der Waals surface area contributed by atoms with Crippen LogP contribution in [0.2, 0.25) is 5.02 Å². The lowest BCUT2D eigenvalue weighted by molar-refractivity contribution is 0.111. The maximum Gasteiger partial charge on any atom is 0.415 e. The Labute approximate surface area is 141 Å². The fraction of sp³-hybridized carbons (Fsp3) is 0.429. The van der Waals surface area contributed by atoms with Crippen molar-refractivity contribution < 1.29 is 9.53 Å². The fourth-order valence-corrected chi connectivity index (χ4v) is 3.78. The van der Waals surface area contributed by atoms with E-state index in [2.05, 4.69) is 20.9 Å². The van der Waals surface area contributed by atoms with Crippen molar-refractivity contribution in [2.45, 2.75) is 33.2 Å². The predicted octanol–water partition coefficient (Wildman–Crippen LogP) is 5.33. The Kier molecular flexibility index (Phi) is 4.80. The molecule has 0 saturated carbocycles. The van der Waals surface area contributed by atoms with Gasteiger partial charge in [-0.15, -0.1) is 11.3 Å². The molecule has 0 aliphatic heterocycles. The van der Waals surface area contributed by atoms with Crippen LogP contribution in [0, 0.1) is 0 Å². The molecule has 0 atom stereocenters. The van der Waals surface area contributed by atoms with Crippen molar-refractivity contribution in [3.8, 4) is 5.75 Å². The monoisotopic (exact) mass is 390 g/mol. The molecule has 7 heteroatoms. The maximum atomic E-state index is 12.3. The lowest BCUT2D eigenvalue weighted by atomic mass is 10.1. The zero-order chi connectivity index (χ0) is 15.8. The van der Waals surface area contributed by atoms with E-state index in [0.29, 0.717) is 22.8 Å². The predicted molar refractivity (Wildman–Crippen MR) is 90.5 cm³/mol. The van der Waals surface area contributed by atoms with E-state index in [1.807, 2.05) is 27.7 Å². The van der Waals surface area contributed by atoms with E-state index in [0.717, 1.165) is 8.62 Å². The normalized spacial score (nSPS) is 11.7. The molecule has 2 aromatic rings. The number of hydrogen-bond donors (Lipinski definition) is 0. The van der Waals surface area contributed by atoms with Crippen LogP contribution in [0.3, 0.4) is 0 Å². The number of ether oxygens (including phenoxy) is 1.